The van der Waals surface area contributed by atoms with Gasteiger partial charge in [-0.2, -0.15) is 0 Å². The first-order valence-electron chi connectivity index (χ1n) is 7.79. The van der Waals surface area contributed by atoms with E-state index >= 15 is 0 Å². The molecule has 130 valence electrons. The van der Waals surface area contributed by atoms with Crippen molar-refractivity contribution in [1.29, 1.82) is 0 Å². The van der Waals surface area contributed by atoms with Gasteiger partial charge in [-0.3, -0.25) is 9.52 Å². The Balaban J connectivity index is 1.73. The first-order valence-corrected chi connectivity index (χ1v) is 9.65. The summed E-state index contributed by atoms with van der Waals surface area (Å²) in [6.45, 7) is 0.678. The minimum Gasteiger partial charge on any atom is -0.312 e. The van der Waals surface area contributed by atoms with Gasteiger partial charge in [0.05, 0.1) is 27.7 Å². The summed E-state index contributed by atoms with van der Waals surface area (Å²) in [6, 6.07) is 6.77. The Hall–Kier alpha value is -2.12. The smallest absolute Gasteiger partial charge is 0.261 e. The van der Waals surface area contributed by atoms with E-state index in [1.54, 1.807) is 11.0 Å². The van der Waals surface area contributed by atoms with Crippen molar-refractivity contribution >= 4 is 38.9 Å². The van der Waals surface area contributed by atoms with E-state index in [2.05, 4.69) is 4.72 Å². The van der Waals surface area contributed by atoms with Crippen LogP contribution in [0.1, 0.15) is 17.5 Å². The van der Waals surface area contributed by atoms with Crippen molar-refractivity contribution in [2.75, 3.05) is 16.2 Å². The number of carbonyl (C=O) groups excluding carboxylic acids is 1. The summed E-state index contributed by atoms with van der Waals surface area (Å²) in [4.78, 5) is 13.9. The normalized spacial score (nSPS) is 16.1. The molecule has 2 aliphatic rings. The maximum atomic E-state index is 13.2. The summed E-state index contributed by atoms with van der Waals surface area (Å²) in [5.41, 5.74) is 2.64. The molecule has 1 N–H and O–H groups in total. The third-order valence-electron chi connectivity index (χ3n) is 4.46. The van der Waals surface area contributed by atoms with Gasteiger partial charge in [0.25, 0.3) is 10.0 Å². The molecule has 2 aromatic carbocycles. The van der Waals surface area contributed by atoms with Gasteiger partial charge in [-0.15, -0.1) is 0 Å². The molecular weight excluding hydrogens is 367 g/mol. The number of amides is 1. The second-order valence-corrected chi connectivity index (χ2v) is 8.24. The number of nitrogens with zero attached hydrogens (tertiary/aromatic N) is 1. The van der Waals surface area contributed by atoms with Gasteiger partial charge in [-0.05, 0) is 54.3 Å². The Bertz CT molecular complexity index is 1010. The lowest BCUT2D eigenvalue weighted by molar-refractivity contribution is -0.117. The van der Waals surface area contributed by atoms with Crippen LogP contribution in [0.15, 0.2) is 35.2 Å². The highest BCUT2D eigenvalue weighted by Gasteiger charge is 2.33. The highest BCUT2D eigenvalue weighted by Crippen LogP contribution is 2.38. The Morgan fingerprint density at radius 3 is 2.68 bits per heavy atom. The van der Waals surface area contributed by atoms with Gasteiger partial charge in [-0.25, -0.2) is 12.8 Å². The lowest BCUT2D eigenvalue weighted by atomic mass is 10.0. The third-order valence-corrected chi connectivity index (χ3v) is 6.11. The van der Waals surface area contributed by atoms with Crippen LogP contribution in [-0.4, -0.2) is 20.9 Å². The number of carbonyl (C=O) groups is 1. The van der Waals surface area contributed by atoms with Crippen LogP contribution in [0.2, 0.25) is 5.02 Å². The van der Waals surface area contributed by atoms with Crippen molar-refractivity contribution in [2.45, 2.75) is 24.2 Å². The summed E-state index contributed by atoms with van der Waals surface area (Å²) >= 11 is 5.70. The van der Waals surface area contributed by atoms with E-state index in [1.165, 1.54) is 18.2 Å². The van der Waals surface area contributed by atoms with Gasteiger partial charge < -0.3 is 4.90 Å². The molecule has 8 heteroatoms. The lowest BCUT2D eigenvalue weighted by Crippen LogP contribution is -2.31. The van der Waals surface area contributed by atoms with Crippen LogP contribution in [-0.2, 0) is 27.7 Å². The fraction of sp³-hybridized carbons (Fsp3) is 0.235. The number of sulfonamides is 1. The summed E-state index contributed by atoms with van der Waals surface area (Å²) in [7, 11) is -3.87. The van der Waals surface area contributed by atoms with E-state index in [9.17, 15) is 17.6 Å². The molecule has 0 aromatic heterocycles. The molecule has 4 rings (SSSR count). The molecule has 0 bridgehead atoms. The summed E-state index contributed by atoms with van der Waals surface area (Å²) in [5, 5.41) is -0.162. The first kappa shape index (κ1) is 16.4. The van der Waals surface area contributed by atoms with Gasteiger partial charge in [-0.1, -0.05) is 11.6 Å². The van der Waals surface area contributed by atoms with Crippen LogP contribution in [0, 0.1) is 5.82 Å². The molecule has 0 spiro atoms. The van der Waals surface area contributed by atoms with E-state index in [-0.39, 0.29) is 27.9 Å². The quantitative estimate of drug-likeness (QED) is 0.889. The van der Waals surface area contributed by atoms with E-state index in [4.69, 9.17) is 11.6 Å². The molecule has 0 saturated heterocycles. The molecule has 5 nitrogen and oxygen atoms in total. The predicted molar refractivity (Wildman–Crippen MR) is 93.0 cm³/mol. The van der Waals surface area contributed by atoms with Crippen LogP contribution in [0.3, 0.4) is 0 Å². The molecule has 0 fully saturated rings. The second-order valence-electron chi connectivity index (χ2n) is 6.15. The van der Waals surface area contributed by atoms with Gasteiger partial charge in [0.1, 0.15) is 5.82 Å². The van der Waals surface area contributed by atoms with Gasteiger partial charge in [0.2, 0.25) is 5.91 Å². The van der Waals surface area contributed by atoms with E-state index in [0.717, 1.165) is 35.7 Å². The number of benzene rings is 2. The zero-order valence-corrected chi connectivity index (χ0v) is 14.6. The standard InChI is InChI=1S/C17H14ClFN2O3S/c18-14-9-12(3-4-15(14)19)20-25(23,24)13-6-10-2-1-5-21-16(22)8-11(7-13)17(10)21/h3-4,6-7,9,20H,1-2,5,8H2. The molecule has 1 amide bonds. The zero-order valence-electron chi connectivity index (χ0n) is 13.1. The Labute approximate surface area is 149 Å². The van der Waals surface area contributed by atoms with Crippen LogP contribution in [0.5, 0.6) is 0 Å². The summed E-state index contributed by atoms with van der Waals surface area (Å²) in [5.74, 6) is -0.617. The van der Waals surface area contributed by atoms with Crippen LogP contribution in [0.25, 0.3) is 0 Å². The SMILES string of the molecule is O=C1Cc2cc(S(=O)(=O)Nc3ccc(F)c(Cl)c3)cc3c2N1CCC3. The van der Waals surface area contributed by atoms with Crippen LogP contribution >= 0.6 is 11.6 Å². The fourth-order valence-electron chi connectivity index (χ4n) is 3.38. The highest BCUT2D eigenvalue weighted by molar-refractivity contribution is 7.92. The Morgan fingerprint density at radius 1 is 1.16 bits per heavy atom. The molecule has 2 heterocycles. The number of rotatable bonds is 3. The number of aryl methyl sites for hydroxylation is 1. The van der Waals surface area contributed by atoms with Crippen LogP contribution < -0.4 is 9.62 Å². The van der Waals surface area contributed by atoms with Crippen molar-refractivity contribution in [3.05, 3.63) is 52.3 Å². The van der Waals surface area contributed by atoms with Gasteiger partial charge in [0, 0.05) is 6.54 Å². The maximum absolute atomic E-state index is 13.2. The Morgan fingerprint density at radius 2 is 1.92 bits per heavy atom. The molecule has 0 aliphatic carbocycles. The number of halogens is 2. The van der Waals surface area contributed by atoms with Crippen LogP contribution in [0.4, 0.5) is 15.8 Å². The van der Waals surface area contributed by atoms with Crippen molar-refractivity contribution in [3.63, 3.8) is 0 Å². The molecular formula is C17H14ClFN2O3S. The van der Waals surface area contributed by atoms with Crippen molar-refractivity contribution in [3.8, 4) is 0 Å². The molecule has 25 heavy (non-hydrogen) atoms. The minimum absolute atomic E-state index is 0.00349. The number of hydrogen-bond donors (Lipinski definition) is 1. The van der Waals surface area contributed by atoms with E-state index < -0.39 is 15.8 Å². The molecule has 0 atom stereocenters. The van der Waals surface area contributed by atoms with E-state index in [0.29, 0.717) is 6.54 Å². The average molecular weight is 381 g/mol. The predicted octanol–water partition coefficient (Wildman–Crippen LogP) is 3.12. The zero-order chi connectivity index (χ0) is 17.8. The van der Waals surface area contributed by atoms with Crippen molar-refractivity contribution in [2.24, 2.45) is 0 Å². The Kier molecular flexibility index (Phi) is 3.73. The van der Waals surface area contributed by atoms with Gasteiger partial charge >= 0.3 is 0 Å². The topological polar surface area (TPSA) is 66.5 Å². The minimum atomic E-state index is -3.87. The molecule has 0 saturated carbocycles. The molecule has 0 unspecified atom stereocenters. The summed E-state index contributed by atoms with van der Waals surface area (Å²) in [6.07, 6.45) is 1.76. The van der Waals surface area contributed by atoms with Crippen molar-refractivity contribution < 1.29 is 17.6 Å². The molecule has 2 aliphatic heterocycles. The highest BCUT2D eigenvalue weighted by atomic mass is 35.5. The first-order chi connectivity index (χ1) is 11.8. The maximum Gasteiger partial charge on any atom is 0.261 e. The molecule has 0 radical (unpaired) electrons. The second kappa shape index (κ2) is 5.71. The summed E-state index contributed by atoms with van der Waals surface area (Å²) < 4.78 is 41.0. The molecule has 2 aromatic rings. The average Bonchev–Trinajstić information content (AvgIpc) is 2.88. The lowest BCUT2D eigenvalue weighted by Gasteiger charge is -2.26. The van der Waals surface area contributed by atoms with E-state index in [1.807, 2.05) is 0 Å². The largest absolute Gasteiger partial charge is 0.312 e. The fourth-order valence-corrected chi connectivity index (χ4v) is 4.71. The van der Waals surface area contributed by atoms with Crippen molar-refractivity contribution in [1.82, 2.24) is 0 Å². The number of nitrogens with one attached hydrogen (secondary N) is 1. The third kappa shape index (κ3) is 2.77. The number of anilines is 2. The number of hydrogen-bond acceptors (Lipinski definition) is 3. The monoisotopic (exact) mass is 380 g/mol. The van der Waals surface area contributed by atoms with Gasteiger partial charge in [0.15, 0.2) is 0 Å².